The van der Waals surface area contributed by atoms with Crippen LogP contribution < -0.4 is 0 Å². The van der Waals surface area contributed by atoms with E-state index in [0.29, 0.717) is 5.78 Å². The highest BCUT2D eigenvalue weighted by Gasteiger charge is 2.54. The molecule has 110 valence electrons. The van der Waals surface area contributed by atoms with Gasteiger partial charge in [0.05, 0.1) is 6.10 Å². The molecule has 2 saturated carbocycles. The molecule has 0 radical (unpaired) electrons. The van der Waals surface area contributed by atoms with E-state index in [2.05, 4.69) is 6.92 Å². The van der Waals surface area contributed by atoms with Crippen molar-refractivity contribution in [2.24, 2.45) is 23.2 Å². The van der Waals surface area contributed by atoms with E-state index in [1.54, 1.807) is 5.57 Å². The van der Waals surface area contributed by atoms with Crippen molar-refractivity contribution in [3.8, 4) is 0 Å². The second kappa shape index (κ2) is 4.43. The first kappa shape index (κ1) is 13.1. The van der Waals surface area contributed by atoms with Gasteiger partial charge in [-0.1, -0.05) is 18.1 Å². The van der Waals surface area contributed by atoms with Crippen LogP contribution in [-0.2, 0) is 4.79 Å². The van der Waals surface area contributed by atoms with E-state index in [-0.39, 0.29) is 11.5 Å². The number of aliphatic hydroxyl groups excluding tert-OH is 1. The van der Waals surface area contributed by atoms with Crippen LogP contribution in [-0.4, -0.2) is 17.0 Å². The summed E-state index contributed by atoms with van der Waals surface area (Å²) in [6.07, 6.45) is 9.60. The lowest BCUT2D eigenvalue weighted by atomic mass is 9.54. The maximum absolute atomic E-state index is 11.7. The minimum Gasteiger partial charge on any atom is -0.393 e. The average molecular weight is 274 g/mol. The molecule has 4 rings (SSSR count). The second-order valence-corrected chi connectivity index (χ2v) is 7.90. The number of hydrogen-bond donors (Lipinski definition) is 1. The molecule has 0 spiro atoms. The summed E-state index contributed by atoms with van der Waals surface area (Å²) >= 11 is 0. The lowest BCUT2D eigenvalue weighted by molar-refractivity contribution is -0.119. The van der Waals surface area contributed by atoms with Gasteiger partial charge in [-0.2, -0.15) is 0 Å². The van der Waals surface area contributed by atoms with E-state index >= 15 is 0 Å². The lowest BCUT2D eigenvalue weighted by Gasteiger charge is -2.51. The van der Waals surface area contributed by atoms with Crippen LogP contribution >= 0.6 is 0 Å². The Kier molecular flexibility index (Phi) is 2.89. The Morgan fingerprint density at radius 1 is 1.10 bits per heavy atom. The largest absolute Gasteiger partial charge is 0.393 e. The SMILES string of the molecule is C[C@]12CCC3C4=C(CCC3C1CCC2O)CC(=O)CC4. The Balaban J connectivity index is 1.65. The van der Waals surface area contributed by atoms with Gasteiger partial charge in [-0.25, -0.2) is 0 Å². The van der Waals surface area contributed by atoms with Gasteiger partial charge in [-0.3, -0.25) is 4.79 Å². The molecule has 0 aromatic rings. The third-order valence-corrected chi connectivity index (χ3v) is 7.15. The number of carbonyl (C=O) groups excluding carboxylic acids is 1. The predicted molar refractivity (Wildman–Crippen MR) is 78.2 cm³/mol. The summed E-state index contributed by atoms with van der Waals surface area (Å²) in [4.78, 5) is 11.7. The van der Waals surface area contributed by atoms with E-state index in [1.165, 1.54) is 31.3 Å². The summed E-state index contributed by atoms with van der Waals surface area (Å²) in [5, 5.41) is 10.4. The number of fused-ring (bicyclic) bond motifs is 4. The van der Waals surface area contributed by atoms with Crippen LogP contribution in [0.1, 0.15) is 64.7 Å². The molecule has 0 saturated heterocycles. The molecule has 4 aliphatic carbocycles. The minimum atomic E-state index is -0.0724. The highest BCUT2D eigenvalue weighted by Crippen LogP contribution is 2.60. The van der Waals surface area contributed by atoms with Crippen LogP contribution in [0, 0.1) is 23.2 Å². The molecule has 0 aliphatic heterocycles. The fourth-order valence-corrected chi connectivity index (χ4v) is 6.02. The molecule has 2 nitrogen and oxygen atoms in total. The third kappa shape index (κ3) is 1.70. The Bertz CT molecular complexity index is 478. The number of Topliss-reactive ketones (excluding diaryl/α,β-unsaturated/α-hetero) is 1. The number of rotatable bonds is 0. The van der Waals surface area contributed by atoms with Gasteiger partial charge in [-0.05, 0) is 68.1 Å². The van der Waals surface area contributed by atoms with Crippen molar-refractivity contribution in [3.05, 3.63) is 11.1 Å². The Morgan fingerprint density at radius 3 is 2.80 bits per heavy atom. The average Bonchev–Trinajstić information content (AvgIpc) is 2.74. The van der Waals surface area contributed by atoms with Gasteiger partial charge in [0.15, 0.2) is 0 Å². The topological polar surface area (TPSA) is 37.3 Å². The lowest BCUT2D eigenvalue weighted by Crippen LogP contribution is -2.45. The van der Waals surface area contributed by atoms with Crippen molar-refractivity contribution in [2.75, 3.05) is 0 Å². The van der Waals surface area contributed by atoms with Gasteiger partial charge < -0.3 is 5.11 Å². The highest BCUT2D eigenvalue weighted by molar-refractivity contribution is 5.82. The van der Waals surface area contributed by atoms with Crippen molar-refractivity contribution >= 4 is 5.78 Å². The molecule has 2 heteroatoms. The first-order chi connectivity index (χ1) is 9.59. The number of hydrogen-bond acceptors (Lipinski definition) is 2. The molecular formula is C18H26O2. The number of carbonyl (C=O) groups is 1. The predicted octanol–water partition coefficient (Wildman–Crippen LogP) is 3.63. The van der Waals surface area contributed by atoms with E-state index in [0.717, 1.165) is 49.9 Å². The molecule has 4 aliphatic rings. The molecule has 5 atom stereocenters. The molecule has 0 heterocycles. The van der Waals surface area contributed by atoms with E-state index in [1.807, 2.05) is 0 Å². The molecule has 0 bridgehead atoms. The standard InChI is InChI=1S/C18H26O2/c1-18-9-8-14-13-5-3-12(19)10-11(13)2-4-15(14)16(18)6-7-17(18)20/h14-17,20H,2-10H2,1H3/t14?,15?,16?,17?,18-/m0/s1. The molecule has 1 N–H and O–H groups in total. The third-order valence-electron chi connectivity index (χ3n) is 7.15. The second-order valence-electron chi connectivity index (χ2n) is 7.90. The molecule has 4 unspecified atom stereocenters. The van der Waals surface area contributed by atoms with Crippen LogP contribution in [0.25, 0.3) is 0 Å². The number of ketones is 1. The van der Waals surface area contributed by atoms with E-state index < -0.39 is 0 Å². The van der Waals surface area contributed by atoms with Crippen LogP contribution in [0.2, 0.25) is 0 Å². The van der Waals surface area contributed by atoms with Gasteiger partial charge in [-0.15, -0.1) is 0 Å². The molecule has 20 heavy (non-hydrogen) atoms. The van der Waals surface area contributed by atoms with Crippen molar-refractivity contribution in [1.82, 2.24) is 0 Å². The van der Waals surface area contributed by atoms with Crippen molar-refractivity contribution in [3.63, 3.8) is 0 Å². The molecule has 2 fully saturated rings. The van der Waals surface area contributed by atoms with Crippen molar-refractivity contribution in [2.45, 2.75) is 70.8 Å². The van der Waals surface area contributed by atoms with Crippen molar-refractivity contribution in [1.29, 1.82) is 0 Å². The quantitative estimate of drug-likeness (QED) is 0.685. The maximum Gasteiger partial charge on any atom is 0.137 e. The summed E-state index contributed by atoms with van der Waals surface area (Å²) in [7, 11) is 0. The van der Waals surface area contributed by atoms with Gasteiger partial charge in [0, 0.05) is 12.8 Å². The highest BCUT2D eigenvalue weighted by atomic mass is 16.3. The van der Waals surface area contributed by atoms with Crippen LogP contribution in [0.3, 0.4) is 0 Å². The number of aliphatic hydroxyl groups is 1. The van der Waals surface area contributed by atoms with E-state index in [9.17, 15) is 9.90 Å². The zero-order chi connectivity index (χ0) is 13.9. The Hall–Kier alpha value is -0.630. The van der Waals surface area contributed by atoms with E-state index in [4.69, 9.17) is 0 Å². The van der Waals surface area contributed by atoms with Crippen LogP contribution in [0.4, 0.5) is 0 Å². The van der Waals surface area contributed by atoms with Crippen LogP contribution in [0.15, 0.2) is 11.1 Å². The Morgan fingerprint density at radius 2 is 1.95 bits per heavy atom. The zero-order valence-electron chi connectivity index (χ0n) is 12.5. The Labute approximate surface area is 121 Å². The molecule has 0 aromatic heterocycles. The summed E-state index contributed by atoms with van der Waals surface area (Å²) in [5.74, 6) is 2.72. The molecular weight excluding hydrogens is 248 g/mol. The molecule has 0 amide bonds. The smallest absolute Gasteiger partial charge is 0.137 e. The normalized spacial score (nSPS) is 47.8. The summed E-state index contributed by atoms with van der Waals surface area (Å²) in [6.45, 7) is 2.33. The summed E-state index contributed by atoms with van der Waals surface area (Å²) in [5.41, 5.74) is 3.36. The van der Waals surface area contributed by atoms with Crippen molar-refractivity contribution < 1.29 is 9.90 Å². The minimum absolute atomic E-state index is 0.0724. The first-order valence-electron chi connectivity index (χ1n) is 8.50. The van der Waals surface area contributed by atoms with Gasteiger partial charge in [0.2, 0.25) is 0 Å². The van der Waals surface area contributed by atoms with Gasteiger partial charge in [0.1, 0.15) is 5.78 Å². The van der Waals surface area contributed by atoms with Gasteiger partial charge in [0.25, 0.3) is 0 Å². The monoisotopic (exact) mass is 274 g/mol. The fourth-order valence-electron chi connectivity index (χ4n) is 6.02. The number of allylic oxidation sites excluding steroid dienone is 2. The zero-order valence-corrected chi connectivity index (χ0v) is 12.5. The summed E-state index contributed by atoms with van der Waals surface area (Å²) < 4.78 is 0. The van der Waals surface area contributed by atoms with Gasteiger partial charge >= 0.3 is 0 Å². The van der Waals surface area contributed by atoms with Crippen LogP contribution in [0.5, 0.6) is 0 Å². The fraction of sp³-hybridized carbons (Fsp3) is 0.833. The molecule has 0 aromatic carbocycles. The first-order valence-corrected chi connectivity index (χ1v) is 8.50. The summed E-state index contributed by atoms with van der Waals surface area (Å²) in [6, 6.07) is 0. The maximum atomic E-state index is 11.7.